The highest BCUT2D eigenvalue weighted by Gasteiger charge is 2.72. The van der Waals surface area contributed by atoms with E-state index in [4.69, 9.17) is 5.73 Å². The summed E-state index contributed by atoms with van der Waals surface area (Å²) in [5, 5.41) is 34.1. The number of esters is 1. The lowest BCUT2D eigenvalue weighted by Gasteiger charge is -2.56. The first kappa shape index (κ1) is 27.3. The van der Waals surface area contributed by atoms with Crippen LogP contribution in [0, 0.1) is 23.7 Å². The summed E-state index contributed by atoms with van der Waals surface area (Å²) in [6.45, 7) is 1.61. The number of ether oxygens (including phenoxy) is 1. The number of likely N-dealkylation sites (N-methyl/N-ethyl adjacent to an activating group) is 1. The van der Waals surface area contributed by atoms with Gasteiger partial charge in [0.25, 0.3) is 0 Å². The quantitative estimate of drug-likeness (QED) is 0.203. The maximum Gasteiger partial charge on any atom is 0.330 e. The molecule has 0 bridgehead atoms. The van der Waals surface area contributed by atoms with Gasteiger partial charge in [0.1, 0.15) is 5.75 Å². The lowest BCUT2D eigenvalue weighted by Crippen LogP contribution is -2.77. The minimum atomic E-state index is -3.06. The van der Waals surface area contributed by atoms with Crippen molar-refractivity contribution in [3.8, 4) is 5.75 Å². The number of fused-ring (bicyclic) bond motifs is 3. The number of nitrogens with zero attached hydrogens (tertiary/aromatic N) is 1. The van der Waals surface area contributed by atoms with E-state index in [9.17, 15) is 44.1 Å². The average molecular weight is 529 g/mol. The number of hydrogen-bond acceptors (Lipinski definition) is 11. The third-order valence-corrected chi connectivity index (χ3v) is 8.12. The number of Topliss-reactive ketones (excluding diaryl/α,β-unsaturated/α-hetero) is 4. The van der Waals surface area contributed by atoms with E-state index in [0.717, 1.165) is 13.2 Å². The molecule has 5 N–H and O–H groups in total. The molecular formula is C26H28N2O10. The molecule has 3 aliphatic rings. The van der Waals surface area contributed by atoms with E-state index >= 15 is 0 Å². The maximum atomic E-state index is 13.9. The minimum absolute atomic E-state index is 0.0642. The number of aliphatic hydroxyl groups excluding tert-OH is 1. The molecule has 0 radical (unpaired) electrons. The van der Waals surface area contributed by atoms with Gasteiger partial charge in [0.15, 0.2) is 34.7 Å². The number of phenols is 1. The van der Waals surface area contributed by atoms with Crippen LogP contribution in [0.4, 0.5) is 0 Å². The molecule has 2 fully saturated rings. The molecule has 1 aromatic carbocycles. The summed E-state index contributed by atoms with van der Waals surface area (Å²) >= 11 is 0. The lowest BCUT2D eigenvalue weighted by atomic mass is 9.49. The van der Waals surface area contributed by atoms with Crippen LogP contribution in [-0.4, -0.2) is 94.2 Å². The number of primary amides is 1. The van der Waals surface area contributed by atoms with Gasteiger partial charge in [-0.1, -0.05) is 19.1 Å². The molecule has 12 heteroatoms. The molecular weight excluding hydrogens is 500 g/mol. The van der Waals surface area contributed by atoms with Gasteiger partial charge in [0.2, 0.25) is 5.91 Å². The van der Waals surface area contributed by atoms with Gasteiger partial charge in [0, 0.05) is 17.6 Å². The summed E-state index contributed by atoms with van der Waals surface area (Å²) in [6, 6.07) is 1.52. The summed E-state index contributed by atoms with van der Waals surface area (Å²) in [5.74, 6) is -14.8. The summed E-state index contributed by atoms with van der Waals surface area (Å²) in [7, 11) is 4.01. The molecule has 1 aromatic rings. The highest BCUT2D eigenvalue weighted by Crippen LogP contribution is 2.54. The fourth-order valence-electron chi connectivity index (χ4n) is 6.37. The van der Waals surface area contributed by atoms with Gasteiger partial charge in [-0.15, -0.1) is 0 Å². The highest BCUT2D eigenvalue weighted by atomic mass is 16.5. The second-order valence-corrected chi connectivity index (χ2v) is 10.2. The Morgan fingerprint density at radius 1 is 1.13 bits per heavy atom. The van der Waals surface area contributed by atoms with Crippen molar-refractivity contribution < 1.29 is 48.8 Å². The van der Waals surface area contributed by atoms with Crippen molar-refractivity contribution in [2.24, 2.45) is 29.4 Å². The number of rotatable bonds is 4. The monoisotopic (exact) mass is 528 g/mol. The number of nitrogens with two attached hydrogens (primary N) is 1. The summed E-state index contributed by atoms with van der Waals surface area (Å²) < 4.78 is 4.52. The third-order valence-electron chi connectivity index (χ3n) is 8.12. The Kier molecular flexibility index (Phi) is 6.63. The fraction of sp³-hybridized carbons (Fsp3) is 0.462. The van der Waals surface area contributed by atoms with Crippen molar-refractivity contribution in [1.82, 2.24) is 4.90 Å². The Bertz CT molecular complexity index is 1320. The number of benzene rings is 1. The van der Waals surface area contributed by atoms with Gasteiger partial charge >= 0.3 is 5.97 Å². The lowest BCUT2D eigenvalue weighted by molar-refractivity contribution is -0.196. The largest absolute Gasteiger partial charge is 0.507 e. The summed E-state index contributed by atoms with van der Waals surface area (Å²) in [4.78, 5) is 78.9. The van der Waals surface area contributed by atoms with Crippen molar-refractivity contribution in [3.63, 3.8) is 0 Å². The molecule has 8 atom stereocenters. The van der Waals surface area contributed by atoms with Crippen molar-refractivity contribution in [2.75, 3.05) is 21.2 Å². The van der Waals surface area contributed by atoms with Crippen LogP contribution in [0.1, 0.15) is 34.3 Å². The van der Waals surface area contributed by atoms with E-state index in [1.807, 2.05) is 0 Å². The van der Waals surface area contributed by atoms with Crippen LogP contribution in [0.2, 0.25) is 0 Å². The molecule has 12 nitrogen and oxygen atoms in total. The van der Waals surface area contributed by atoms with Crippen LogP contribution in [0.15, 0.2) is 18.2 Å². The van der Waals surface area contributed by atoms with Crippen LogP contribution in [-0.2, 0) is 28.7 Å². The summed E-state index contributed by atoms with van der Waals surface area (Å²) in [6.07, 6.45) is 0.527. The Morgan fingerprint density at radius 3 is 2.32 bits per heavy atom. The molecule has 0 aromatic heterocycles. The fourth-order valence-corrected chi connectivity index (χ4v) is 6.37. The van der Waals surface area contributed by atoms with E-state index in [-0.39, 0.29) is 11.1 Å². The van der Waals surface area contributed by atoms with Crippen molar-refractivity contribution in [3.05, 3.63) is 34.9 Å². The number of amides is 1. The van der Waals surface area contributed by atoms with Crippen LogP contribution >= 0.6 is 0 Å². The van der Waals surface area contributed by atoms with Gasteiger partial charge in [-0.25, -0.2) is 4.79 Å². The molecule has 38 heavy (non-hydrogen) atoms. The van der Waals surface area contributed by atoms with E-state index in [1.165, 1.54) is 37.2 Å². The molecule has 3 aliphatic carbocycles. The molecule has 2 saturated carbocycles. The van der Waals surface area contributed by atoms with Gasteiger partial charge in [-0.2, -0.15) is 0 Å². The number of aliphatic hydroxyl groups is 2. The Morgan fingerprint density at radius 2 is 1.76 bits per heavy atom. The van der Waals surface area contributed by atoms with Gasteiger partial charge in [-0.05, 0) is 31.7 Å². The molecule has 4 rings (SSSR count). The first-order chi connectivity index (χ1) is 17.7. The predicted octanol–water partition coefficient (Wildman–Crippen LogP) is -1.41. The van der Waals surface area contributed by atoms with E-state index in [1.54, 1.807) is 6.92 Å². The number of aromatic hydroxyl groups is 1. The van der Waals surface area contributed by atoms with Crippen LogP contribution < -0.4 is 5.73 Å². The normalized spacial score (nSPS) is 34.7. The molecule has 0 aliphatic heterocycles. The number of carbonyl (C=O) groups excluding carboxylic acids is 6. The van der Waals surface area contributed by atoms with Gasteiger partial charge in [-0.3, -0.25) is 28.9 Å². The molecule has 0 saturated heterocycles. The first-order valence-corrected chi connectivity index (χ1v) is 11.9. The SMILES string of the molecule is COC(=O)/C=C/c1ccc2c(c1O)C(=O)C1C(=O)C3(O)C(=O)C(C(N)=O)C(=O)C(N(C)C)C3C(O)C1C2C. The average Bonchev–Trinajstić information content (AvgIpc) is 2.84. The highest BCUT2D eigenvalue weighted by molar-refractivity contribution is 6.32. The smallest absolute Gasteiger partial charge is 0.330 e. The molecule has 0 spiro atoms. The van der Waals surface area contributed by atoms with Crippen molar-refractivity contribution in [2.45, 2.75) is 30.6 Å². The maximum absolute atomic E-state index is 13.9. The molecule has 202 valence electrons. The van der Waals surface area contributed by atoms with E-state index in [2.05, 4.69) is 4.74 Å². The Labute approximate surface area is 217 Å². The van der Waals surface area contributed by atoms with Crippen molar-refractivity contribution in [1.29, 1.82) is 0 Å². The summed E-state index contributed by atoms with van der Waals surface area (Å²) in [5.41, 5.74) is 2.33. The van der Waals surface area contributed by atoms with Crippen LogP contribution in [0.5, 0.6) is 5.75 Å². The molecule has 0 heterocycles. The zero-order valence-electron chi connectivity index (χ0n) is 21.1. The second-order valence-electron chi connectivity index (χ2n) is 10.2. The van der Waals surface area contributed by atoms with E-state index < -0.39 is 88.1 Å². The number of ketones is 4. The zero-order valence-corrected chi connectivity index (χ0v) is 21.1. The van der Waals surface area contributed by atoms with E-state index in [0.29, 0.717) is 5.56 Å². The van der Waals surface area contributed by atoms with Crippen LogP contribution in [0.3, 0.4) is 0 Å². The Balaban J connectivity index is 1.91. The first-order valence-electron chi connectivity index (χ1n) is 11.9. The third kappa shape index (κ3) is 3.55. The molecule has 1 amide bonds. The topological polar surface area (TPSA) is 202 Å². The number of methoxy groups -OCH3 is 1. The molecule has 8 unspecified atom stereocenters. The zero-order chi connectivity index (χ0) is 28.4. The number of carbonyl (C=O) groups is 6. The van der Waals surface area contributed by atoms with Crippen molar-refractivity contribution >= 4 is 41.1 Å². The Hall–Kier alpha value is -3.74. The van der Waals surface area contributed by atoms with Gasteiger partial charge < -0.3 is 25.8 Å². The van der Waals surface area contributed by atoms with Gasteiger partial charge in [0.05, 0.1) is 36.7 Å². The minimum Gasteiger partial charge on any atom is -0.507 e. The van der Waals surface area contributed by atoms with Crippen LogP contribution in [0.25, 0.3) is 6.08 Å². The predicted molar refractivity (Wildman–Crippen MR) is 129 cm³/mol. The second kappa shape index (κ2) is 9.22. The standard InChI is InChI=1S/C26H28N2O10/c1-9-11-7-5-10(6-8-12(29)38-4)19(30)14(11)20(31)15-13(9)21(32)17-18(28(2)3)22(33)16(25(27)36)24(35)26(17,37)23(15)34/h5-9,13,15-18,21,30,32,37H,1-4H3,(H2,27,36)/b8-6+. The number of hydrogen-bond donors (Lipinski definition) is 4. The number of phenolic OH excluding ortho intramolecular Hbond substituents is 1.